The molecule has 32 heavy (non-hydrogen) atoms. The van der Waals surface area contributed by atoms with Crippen LogP contribution in [0.25, 0.3) is 10.9 Å². The van der Waals surface area contributed by atoms with Crippen LogP contribution in [0.4, 0.5) is 14.5 Å². The Morgan fingerprint density at radius 1 is 1.06 bits per heavy atom. The van der Waals surface area contributed by atoms with E-state index in [4.69, 9.17) is 11.6 Å². The fourth-order valence-corrected chi connectivity index (χ4v) is 4.00. The van der Waals surface area contributed by atoms with Gasteiger partial charge in [-0.05, 0) is 42.0 Å². The second-order valence-corrected chi connectivity index (χ2v) is 8.27. The van der Waals surface area contributed by atoms with E-state index in [2.05, 4.69) is 10.3 Å². The van der Waals surface area contributed by atoms with E-state index in [-0.39, 0.29) is 23.5 Å². The van der Waals surface area contributed by atoms with E-state index in [0.29, 0.717) is 21.1 Å². The molecule has 4 aromatic rings. The van der Waals surface area contributed by atoms with Gasteiger partial charge in [0, 0.05) is 11.1 Å². The number of fused-ring (bicyclic) bond motifs is 1. The number of amides is 1. The van der Waals surface area contributed by atoms with E-state index in [1.807, 2.05) is 0 Å². The van der Waals surface area contributed by atoms with Gasteiger partial charge in [-0.2, -0.15) is 0 Å². The first-order valence-electron chi connectivity index (χ1n) is 9.52. The normalized spacial score (nSPS) is 11.0. The molecule has 0 spiro atoms. The fraction of sp³-hybridized carbons (Fsp3) is 0.0870. The lowest BCUT2D eigenvalue weighted by molar-refractivity contribution is -0.113. The second-order valence-electron chi connectivity index (χ2n) is 6.89. The number of nitrogens with one attached hydrogen (secondary N) is 1. The van der Waals surface area contributed by atoms with Crippen molar-refractivity contribution in [1.82, 2.24) is 9.55 Å². The summed E-state index contributed by atoms with van der Waals surface area (Å²) in [5, 5.41) is 3.71. The number of hydrogen-bond donors (Lipinski definition) is 1. The molecular formula is C23H16ClF2N3O2S. The Balaban J connectivity index is 1.61. The molecule has 0 aliphatic rings. The lowest BCUT2D eigenvalue weighted by Gasteiger charge is -2.13. The average Bonchev–Trinajstić information content (AvgIpc) is 2.78. The quantitative estimate of drug-likeness (QED) is 0.313. The summed E-state index contributed by atoms with van der Waals surface area (Å²) in [6.07, 6.45) is 0. The summed E-state index contributed by atoms with van der Waals surface area (Å²) < 4.78 is 28.6. The molecule has 0 atom stereocenters. The SMILES string of the molecule is O=C(CSc1nc2ccccc2c(=O)n1Cc1ccc(Cl)cc1)Nc1cc(F)ccc1F. The minimum Gasteiger partial charge on any atom is -0.323 e. The summed E-state index contributed by atoms with van der Waals surface area (Å²) in [5.41, 5.74) is 0.843. The summed E-state index contributed by atoms with van der Waals surface area (Å²) in [6, 6.07) is 16.8. The van der Waals surface area contributed by atoms with Gasteiger partial charge in [-0.1, -0.05) is 47.6 Å². The topological polar surface area (TPSA) is 64.0 Å². The van der Waals surface area contributed by atoms with Crippen molar-refractivity contribution in [1.29, 1.82) is 0 Å². The zero-order valence-electron chi connectivity index (χ0n) is 16.5. The first kappa shape index (κ1) is 22.0. The van der Waals surface area contributed by atoms with Crippen LogP contribution in [0.2, 0.25) is 5.02 Å². The number of para-hydroxylation sites is 1. The smallest absolute Gasteiger partial charge is 0.262 e. The molecule has 0 saturated heterocycles. The van der Waals surface area contributed by atoms with Crippen molar-refractivity contribution in [3.63, 3.8) is 0 Å². The zero-order valence-corrected chi connectivity index (χ0v) is 18.1. The molecule has 1 N–H and O–H groups in total. The first-order chi connectivity index (χ1) is 15.4. The summed E-state index contributed by atoms with van der Waals surface area (Å²) in [4.78, 5) is 30.0. The van der Waals surface area contributed by atoms with Gasteiger partial charge in [0.2, 0.25) is 5.91 Å². The molecular weight excluding hydrogens is 456 g/mol. The van der Waals surface area contributed by atoms with Crippen molar-refractivity contribution < 1.29 is 13.6 Å². The van der Waals surface area contributed by atoms with E-state index in [1.165, 1.54) is 4.57 Å². The molecule has 1 heterocycles. The van der Waals surface area contributed by atoms with Crippen molar-refractivity contribution in [2.75, 3.05) is 11.1 Å². The largest absolute Gasteiger partial charge is 0.323 e. The number of carbonyl (C=O) groups is 1. The molecule has 1 aromatic heterocycles. The lowest BCUT2D eigenvalue weighted by atomic mass is 10.2. The maximum atomic E-state index is 13.8. The predicted octanol–water partition coefficient (Wildman–Crippen LogP) is 5.11. The first-order valence-corrected chi connectivity index (χ1v) is 10.9. The van der Waals surface area contributed by atoms with E-state index in [9.17, 15) is 18.4 Å². The van der Waals surface area contributed by atoms with Crippen molar-refractivity contribution in [2.24, 2.45) is 0 Å². The Hall–Kier alpha value is -3.23. The van der Waals surface area contributed by atoms with Gasteiger partial charge in [-0.3, -0.25) is 14.2 Å². The number of halogens is 3. The van der Waals surface area contributed by atoms with Crippen LogP contribution in [0.1, 0.15) is 5.56 Å². The third-order valence-corrected chi connectivity index (χ3v) is 5.84. The van der Waals surface area contributed by atoms with Crippen LogP contribution in [0.15, 0.2) is 76.7 Å². The van der Waals surface area contributed by atoms with Gasteiger partial charge in [-0.25, -0.2) is 13.8 Å². The molecule has 162 valence electrons. The number of rotatable bonds is 6. The minimum atomic E-state index is -0.742. The highest BCUT2D eigenvalue weighted by Gasteiger charge is 2.15. The molecule has 0 fully saturated rings. The Morgan fingerprint density at radius 3 is 2.59 bits per heavy atom. The summed E-state index contributed by atoms with van der Waals surface area (Å²) >= 11 is 6.98. The summed E-state index contributed by atoms with van der Waals surface area (Å²) in [7, 11) is 0. The highest BCUT2D eigenvalue weighted by Crippen LogP contribution is 2.21. The molecule has 1 amide bonds. The number of benzene rings is 3. The fourth-order valence-electron chi connectivity index (χ4n) is 3.08. The molecule has 3 aromatic carbocycles. The molecule has 4 rings (SSSR count). The Labute approximate surface area is 191 Å². The molecule has 0 radical (unpaired) electrons. The van der Waals surface area contributed by atoms with Gasteiger partial charge in [0.1, 0.15) is 11.6 Å². The summed E-state index contributed by atoms with van der Waals surface area (Å²) in [5.74, 6) is -2.11. The van der Waals surface area contributed by atoms with Crippen molar-refractivity contribution in [3.8, 4) is 0 Å². The highest BCUT2D eigenvalue weighted by atomic mass is 35.5. The van der Waals surface area contributed by atoms with Gasteiger partial charge in [0.05, 0.1) is 28.9 Å². The van der Waals surface area contributed by atoms with Crippen LogP contribution in [0.3, 0.4) is 0 Å². The number of hydrogen-bond acceptors (Lipinski definition) is 4. The molecule has 0 unspecified atom stereocenters. The maximum absolute atomic E-state index is 13.8. The van der Waals surface area contributed by atoms with Gasteiger partial charge in [-0.15, -0.1) is 0 Å². The number of nitrogens with zero attached hydrogens (tertiary/aromatic N) is 2. The van der Waals surface area contributed by atoms with Gasteiger partial charge in [0.15, 0.2) is 5.16 Å². The minimum absolute atomic E-state index is 0.151. The van der Waals surface area contributed by atoms with Crippen molar-refractivity contribution in [2.45, 2.75) is 11.7 Å². The van der Waals surface area contributed by atoms with E-state index in [1.54, 1.807) is 48.5 Å². The molecule has 0 aliphatic heterocycles. The molecule has 0 aliphatic carbocycles. The third kappa shape index (κ3) is 4.98. The number of carbonyl (C=O) groups excluding carboxylic acids is 1. The predicted molar refractivity (Wildman–Crippen MR) is 122 cm³/mol. The Kier molecular flexibility index (Phi) is 6.53. The van der Waals surface area contributed by atoms with Crippen LogP contribution < -0.4 is 10.9 Å². The summed E-state index contributed by atoms with van der Waals surface area (Å²) in [6.45, 7) is 0.232. The van der Waals surface area contributed by atoms with Gasteiger partial charge < -0.3 is 5.32 Å². The van der Waals surface area contributed by atoms with E-state index < -0.39 is 17.5 Å². The molecule has 0 saturated carbocycles. The zero-order chi connectivity index (χ0) is 22.7. The molecule has 9 heteroatoms. The third-order valence-electron chi connectivity index (χ3n) is 4.62. The highest BCUT2D eigenvalue weighted by molar-refractivity contribution is 7.99. The van der Waals surface area contributed by atoms with E-state index >= 15 is 0 Å². The van der Waals surface area contributed by atoms with Gasteiger partial charge in [0.25, 0.3) is 5.56 Å². The van der Waals surface area contributed by atoms with Crippen LogP contribution in [-0.2, 0) is 11.3 Å². The second kappa shape index (κ2) is 9.50. The number of anilines is 1. The average molecular weight is 472 g/mol. The Morgan fingerprint density at radius 2 is 1.81 bits per heavy atom. The number of thioether (sulfide) groups is 1. The maximum Gasteiger partial charge on any atom is 0.262 e. The Bertz CT molecular complexity index is 1360. The standard InChI is InChI=1S/C23H16ClF2N3O2S/c24-15-7-5-14(6-8-15)12-29-22(31)17-3-1-2-4-19(17)28-23(29)32-13-21(30)27-20-11-16(25)9-10-18(20)26/h1-11H,12-13H2,(H,27,30). The van der Waals surface area contributed by atoms with Crippen LogP contribution in [-0.4, -0.2) is 21.2 Å². The van der Waals surface area contributed by atoms with Crippen LogP contribution >= 0.6 is 23.4 Å². The molecule has 0 bridgehead atoms. The van der Waals surface area contributed by atoms with Gasteiger partial charge >= 0.3 is 0 Å². The van der Waals surface area contributed by atoms with Crippen molar-refractivity contribution >= 4 is 45.9 Å². The van der Waals surface area contributed by atoms with Crippen LogP contribution in [0, 0.1) is 11.6 Å². The van der Waals surface area contributed by atoms with E-state index in [0.717, 1.165) is 35.5 Å². The van der Waals surface area contributed by atoms with Crippen molar-refractivity contribution in [3.05, 3.63) is 99.3 Å². The lowest BCUT2D eigenvalue weighted by Crippen LogP contribution is -2.25. The molecule has 5 nitrogen and oxygen atoms in total. The monoisotopic (exact) mass is 471 g/mol. The number of aromatic nitrogens is 2. The van der Waals surface area contributed by atoms with Crippen LogP contribution in [0.5, 0.6) is 0 Å².